The zero-order chi connectivity index (χ0) is 35.4. The van der Waals surface area contributed by atoms with E-state index in [0.717, 1.165) is 38.5 Å². The number of rotatable bonds is 37. The summed E-state index contributed by atoms with van der Waals surface area (Å²) < 4.78 is 26.3. The molecular formula is C39H75O8P. The van der Waals surface area contributed by atoms with Crippen molar-refractivity contribution in [2.75, 3.05) is 13.2 Å². The lowest BCUT2D eigenvalue weighted by molar-refractivity contribution is -0.161. The van der Waals surface area contributed by atoms with Crippen LogP contribution in [0.5, 0.6) is 0 Å². The topological polar surface area (TPSA) is 119 Å². The van der Waals surface area contributed by atoms with Crippen LogP contribution in [0.4, 0.5) is 0 Å². The molecule has 0 aromatic rings. The van der Waals surface area contributed by atoms with E-state index in [9.17, 15) is 14.2 Å². The Morgan fingerprint density at radius 1 is 0.521 bits per heavy atom. The molecule has 48 heavy (non-hydrogen) atoms. The lowest BCUT2D eigenvalue weighted by atomic mass is 10.1. The van der Waals surface area contributed by atoms with Crippen molar-refractivity contribution in [1.82, 2.24) is 0 Å². The molecular weight excluding hydrogens is 627 g/mol. The second-order valence-corrected chi connectivity index (χ2v) is 14.9. The number of esters is 2. The van der Waals surface area contributed by atoms with E-state index in [1.54, 1.807) is 0 Å². The van der Waals surface area contributed by atoms with Gasteiger partial charge in [-0.1, -0.05) is 167 Å². The highest BCUT2D eigenvalue weighted by Gasteiger charge is 2.22. The smallest absolute Gasteiger partial charge is 0.462 e. The minimum atomic E-state index is -4.74. The number of carbonyl (C=O) groups is 2. The first-order valence-electron chi connectivity index (χ1n) is 20.0. The van der Waals surface area contributed by atoms with Crippen molar-refractivity contribution >= 4 is 19.8 Å². The third-order valence-electron chi connectivity index (χ3n) is 8.78. The van der Waals surface area contributed by atoms with Gasteiger partial charge in [0.25, 0.3) is 0 Å². The molecule has 0 aliphatic heterocycles. The van der Waals surface area contributed by atoms with Crippen LogP contribution in [0.3, 0.4) is 0 Å². The van der Waals surface area contributed by atoms with Gasteiger partial charge in [0.15, 0.2) is 6.10 Å². The maximum absolute atomic E-state index is 12.3. The zero-order valence-corrected chi connectivity index (χ0v) is 32.0. The van der Waals surface area contributed by atoms with Gasteiger partial charge in [-0.05, 0) is 38.5 Å². The summed E-state index contributed by atoms with van der Waals surface area (Å²) in [5, 5.41) is 0. The fourth-order valence-corrected chi connectivity index (χ4v) is 6.14. The average Bonchev–Trinajstić information content (AvgIpc) is 3.05. The fraction of sp³-hybridized carbons (Fsp3) is 0.897. The number of hydrogen-bond acceptors (Lipinski definition) is 6. The second kappa shape index (κ2) is 35.6. The Hall–Kier alpha value is -1.21. The molecule has 0 aromatic carbocycles. The summed E-state index contributed by atoms with van der Waals surface area (Å²) in [6, 6.07) is 0. The number of unbranched alkanes of at least 4 members (excludes halogenated alkanes) is 25. The van der Waals surface area contributed by atoms with E-state index in [0.29, 0.717) is 6.42 Å². The van der Waals surface area contributed by atoms with Crippen LogP contribution in [-0.4, -0.2) is 41.0 Å². The first kappa shape index (κ1) is 46.8. The molecule has 0 unspecified atom stereocenters. The van der Waals surface area contributed by atoms with Crippen molar-refractivity contribution < 1.29 is 37.9 Å². The van der Waals surface area contributed by atoms with Gasteiger partial charge in [-0.25, -0.2) is 4.57 Å². The summed E-state index contributed by atoms with van der Waals surface area (Å²) in [6.45, 7) is 3.68. The summed E-state index contributed by atoms with van der Waals surface area (Å²) in [5.74, 6) is -0.879. The van der Waals surface area contributed by atoms with Crippen molar-refractivity contribution in [1.29, 1.82) is 0 Å². The Balaban J connectivity index is 3.87. The van der Waals surface area contributed by atoms with Crippen LogP contribution in [-0.2, 0) is 28.2 Å². The summed E-state index contributed by atoms with van der Waals surface area (Å²) in [5.41, 5.74) is 0. The maximum atomic E-state index is 12.3. The lowest BCUT2D eigenvalue weighted by Gasteiger charge is -2.18. The molecule has 284 valence electrons. The van der Waals surface area contributed by atoms with Crippen LogP contribution in [0.1, 0.15) is 206 Å². The molecule has 0 heterocycles. The van der Waals surface area contributed by atoms with E-state index < -0.39 is 32.5 Å². The number of phosphoric acid groups is 1. The first-order chi connectivity index (χ1) is 23.3. The molecule has 0 aliphatic rings. The van der Waals surface area contributed by atoms with E-state index in [-0.39, 0.29) is 19.4 Å². The average molecular weight is 703 g/mol. The monoisotopic (exact) mass is 703 g/mol. The van der Waals surface area contributed by atoms with Gasteiger partial charge in [0.1, 0.15) is 6.61 Å². The molecule has 0 saturated heterocycles. The lowest BCUT2D eigenvalue weighted by Crippen LogP contribution is -2.29. The molecule has 0 aliphatic carbocycles. The highest BCUT2D eigenvalue weighted by Crippen LogP contribution is 2.36. The van der Waals surface area contributed by atoms with Gasteiger partial charge < -0.3 is 19.3 Å². The van der Waals surface area contributed by atoms with Gasteiger partial charge >= 0.3 is 19.8 Å². The predicted octanol–water partition coefficient (Wildman–Crippen LogP) is 11.8. The minimum Gasteiger partial charge on any atom is -0.462 e. The normalized spacial score (nSPS) is 12.5. The highest BCUT2D eigenvalue weighted by molar-refractivity contribution is 7.46. The Labute approximate surface area is 295 Å². The van der Waals surface area contributed by atoms with Crippen LogP contribution >= 0.6 is 7.82 Å². The molecule has 8 nitrogen and oxygen atoms in total. The maximum Gasteiger partial charge on any atom is 0.469 e. The molecule has 0 rings (SSSR count). The second-order valence-electron chi connectivity index (χ2n) is 13.6. The minimum absolute atomic E-state index is 0.216. The standard InChI is InChI=1S/C39H75O8P/c1-3-5-7-9-11-13-15-16-17-18-19-20-21-22-24-25-27-29-31-33-38(40)45-35-37(36-46-48(42,43)44)47-39(41)34-32-30-28-26-23-14-12-10-8-6-4-2/h16-17,37H,3-15,18-36H2,1-2H3,(H2,42,43,44)/b17-16-/t37-/m1/s1. The Kier molecular flexibility index (Phi) is 34.7. The van der Waals surface area contributed by atoms with Crippen molar-refractivity contribution in [2.45, 2.75) is 213 Å². The SMILES string of the molecule is CCCCCCCC/C=C\CCCCCCCCCCCC(=O)OC[C@H](COP(=O)(O)O)OC(=O)CCCCCCCCCCCCC. The van der Waals surface area contributed by atoms with Gasteiger partial charge in [-0.3, -0.25) is 14.1 Å². The summed E-state index contributed by atoms with van der Waals surface area (Å²) >= 11 is 0. The van der Waals surface area contributed by atoms with E-state index in [1.165, 1.54) is 135 Å². The fourth-order valence-electron chi connectivity index (χ4n) is 5.78. The first-order valence-corrected chi connectivity index (χ1v) is 21.5. The van der Waals surface area contributed by atoms with Crippen molar-refractivity contribution in [3.05, 3.63) is 12.2 Å². The van der Waals surface area contributed by atoms with Crippen molar-refractivity contribution in [2.24, 2.45) is 0 Å². The van der Waals surface area contributed by atoms with Gasteiger partial charge in [0.2, 0.25) is 0 Å². The molecule has 9 heteroatoms. The van der Waals surface area contributed by atoms with Crippen LogP contribution < -0.4 is 0 Å². The number of carbonyl (C=O) groups excluding carboxylic acids is 2. The van der Waals surface area contributed by atoms with Gasteiger partial charge in [0.05, 0.1) is 6.61 Å². The van der Waals surface area contributed by atoms with Crippen molar-refractivity contribution in [3.63, 3.8) is 0 Å². The van der Waals surface area contributed by atoms with Crippen LogP contribution in [0.15, 0.2) is 12.2 Å². The van der Waals surface area contributed by atoms with Crippen LogP contribution in [0.25, 0.3) is 0 Å². The van der Waals surface area contributed by atoms with Gasteiger partial charge in [0, 0.05) is 12.8 Å². The quantitative estimate of drug-likeness (QED) is 0.0284. The molecule has 0 spiro atoms. The number of hydrogen-bond donors (Lipinski definition) is 2. The largest absolute Gasteiger partial charge is 0.469 e. The Morgan fingerprint density at radius 2 is 0.875 bits per heavy atom. The molecule has 0 bridgehead atoms. The summed E-state index contributed by atoms with van der Waals surface area (Å²) in [7, 11) is -4.74. The third kappa shape index (κ3) is 37.6. The third-order valence-corrected chi connectivity index (χ3v) is 9.27. The van der Waals surface area contributed by atoms with Crippen LogP contribution in [0.2, 0.25) is 0 Å². The van der Waals surface area contributed by atoms with Crippen LogP contribution in [0, 0.1) is 0 Å². The summed E-state index contributed by atoms with van der Waals surface area (Å²) in [4.78, 5) is 42.7. The molecule has 0 fully saturated rings. The molecule has 0 saturated carbocycles. The molecule has 1 atom stereocenters. The summed E-state index contributed by atoms with van der Waals surface area (Å²) in [6.07, 6.45) is 37.9. The Morgan fingerprint density at radius 3 is 1.27 bits per heavy atom. The molecule has 0 aromatic heterocycles. The van der Waals surface area contributed by atoms with E-state index in [1.807, 2.05) is 0 Å². The Bertz CT molecular complexity index is 797. The number of ether oxygens (including phenoxy) is 2. The van der Waals surface area contributed by atoms with E-state index >= 15 is 0 Å². The van der Waals surface area contributed by atoms with Crippen molar-refractivity contribution in [3.8, 4) is 0 Å². The zero-order valence-electron chi connectivity index (χ0n) is 31.2. The number of phosphoric ester groups is 1. The number of allylic oxidation sites excluding steroid dienone is 2. The van der Waals surface area contributed by atoms with E-state index in [4.69, 9.17) is 19.3 Å². The molecule has 0 amide bonds. The highest BCUT2D eigenvalue weighted by atomic mass is 31.2. The molecule has 2 N–H and O–H groups in total. The van der Waals surface area contributed by atoms with Gasteiger partial charge in [-0.2, -0.15) is 0 Å². The van der Waals surface area contributed by atoms with Gasteiger partial charge in [-0.15, -0.1) is 0 Å². The molecule has 0 radical (unpaired) electrons. The van der Waals surface area contributed by atoms with E-state index in [2.05, 4.69) is 30.5 Å². The predicted molar refractivity (Wildman–Crippen MR) is 198 cm³/mol.